The average molecular weight is 481 g/mol. The molecule has 33 heavy (non-hydrogen) atoms. The molecule has 1 heterocycles. The van der Waals surface area contributed by atoms with Gasteiger partial charge in [-0.25, -0.2) is 9.18 Å². The zero-order valence-electron chi connectivity index (χ0n) is 17.3. The van der Waals surface area contributed by atoms with Crippen molar-refractivity contribution in [3.63, 3.8) is 0 Å². The first-order valence-corrected chi connectivity index (χ1v) is 9.88. The second kappa shape index (κ2) is 8.54. The minimum absolute atomic E-state index is 0.0254. The van der Waals surface area contributed by atoms with Crippen LogP contribution in [0.15, 0.2) is 48.5 Å². The van der Waals surface area contributed by atoms with Crippen LogP contribution < -0.4 is 0 Å². The number of halogens is 5. The van der Waals surface area contributed by atoms with Gasteiger partial charge in [0.15, 0.2) is 0 Å². The molecule has 0 saturated heterocycles. The molecule has 0 fully saturated rings. The number of alkyl halides is 3. The molecule has 0 amide bonds. The summed E-state index contributed by atoms with van der Waals surface area (Å²) in [5.41, 5.74) is -3.89. The third-order valence-electron chi connectivity index (χ3n) is 5.69. The number of hydrogen-bond acceptors (Lipinski definition) is 3. The molecule has 2 aromatic carbocycles. The molecule has 3 rings (SSSR count). The van der Waals surface area contributed by atoms with Crippen molar-refractivity contribution in [1.82, 2.24) is 4.57 Å². The highest BCUT2D eigenvalue weighted by atomic mass is 35.5. The highest BCUT2D eigenvalue weighted by molar-refractivity contribution is 6.31. The lowest BCUT2D eigenvalue weighted by Crippen LogP contribution is -2.47. The summed E-state index contributed by atoms with van der Waals surface area (Å²) in [6.45, 7) is 1.16. The molecular weight excluding hydrogens is 464 g/mol. The molecule has 2 N–H and O–H groups in total. The van der Waals surface area contributed by atoms with E-state index in [0.717, 1.165) is 29.7 Å². The number of carbonyl (C=O) groups is 1. The third kappa shape index (κ3) is 4.08. The molecule has 1 aromatic heterocycles. The lowest BCUT2D eigenvalue weighted by molar-refractivity contribution is -0.276. The van der Waals surface area contributed by atoms with Crippen molar-refractivity contribution in [1.29, 1.82) is 5.26 Å². The fourth-order valence-electron chi connectivity index (χ4n) is 3.77. The predicted molar refractivity (Wildman–Crippen MR) is 112 cm³/mol. The summed E-state index contributed by atoms with van der Waals surface area (Å²) in [6, 6.07) is 11.4. The van der Waals surface area contributed by atoms with Crippen molar-refractivity contribution in [3.8, 4) is 17.2 Å². The van der Waals surface area contributed by atoms with E-state index >= 15 is 0 Å². The van der Waals surface area contributed by atoms with Gasteiger partial charge in [-0.3, -0.25) is 0 Å². The molecule has 2 atom stereocenters. The minimum atomic E-state index is -5.11. The fraction of sp³-hybridized carbons (Fsp3) is 0.217. The van der Waals surface area contributed by atoms with Gasteiger partial charge in [-0.05, 0) is 47.0 Å². The number of hydrogen-bond donors (Lipinski definition) is 2. The largest absolute Gasteiger partial charge is 0.478 e. The Morgan fingerprint density at radius 3 is 2.21 bits per heavy atom. The van der Waals surface area contributed by atoms with E-state index in [1.165, 1.54) is 37.4 Å². The first-order chi connectivity index (χ1) is 15.3. The van der Waals surface area contributed by atoms with E-state index in [9.17, 15) is 27.5 Å². The lowest BCUT2D eigenvalue weighted by Gasteiger charge is -2.37. The van der Waals surface area contributed by atoms with Gasteiger partial charge in [-0.1, -0.05) is 36.7 Å². The summed E-state index contributed by atoms with van der Waals surface area (Å²) >= 11 is 6.29. The number of aromatic carboxylic acids is 1. The van der Waals surface area contributed by atoms with Crippen LogP contribution in [0, 0.1) is 17.1 Å². The summed E-state index contributed by atoms with van der Waals surface area (Å²) in [7, 11) is 1.25. The summed E-state index contributed by atoms with van der Waals surface area (Å²) in [6.07, 6.45) is -5.11. The van der Waals surface area contributed by atoms with Gasteiger partial charge in [0, 0.05) is 18.0 Å². The Labute approximate surface area is 191 Å². The monoisotopic (exact) mass is 480 g/mol. The summed E-state index contributed by atoms with van der Waals surface area (Å²) < 4.78 is 57.5. The first-order valence-electron chi connectivity index (χ1n) is 9.51. The standard InChI is InChI=1S/C23H17ClF4N2O3/c1-12(22(33,23(26,27)28)20-8-5-15(11-29)30(20)2)16-6-3-13(9-18(16)24)14-4-7-17(21(31)32)19(25)10-14/h3-10,12,33H,1-2H3,(H,31,32). The Bertz CT molecular complexity index is 1280. The molecule has 0 radical (unpaired) electrons. The van der Waals surface area contributed by atoms with Gasteiger partial charge in [-0.2, -0.15) is 18.4 Å². The number of rotatable bonds is 5. The maximum Gasteiger partial charge on any atom is 0.423 e. The zero-order chi connectivity index (χ0) is 24.7. The fourth-order valence-corrected chi connectivity index (χ4v) is 4.11. The van der Waals surface area contributed by atoms with Crippen molar-refractivity contribution in [2.75, 3.05) is 0 Å². The van der Waals surface area contributed by atoms with E-state index in [-0.39, 0.29) is 21.8 Å². The van der Waals surface area contributed by atoms with E-state index in [2.05, 4.69) is 0 Å². The van der Waals surface area contributed by atoms with Gasteiger partial charge in [0.05, 0.1) is 11.3 Å². The number of aliphatic hydroxyl groups is 1. The van der Waals surface area contributed by atoms with Crippen molar-refractivity contribution < 1.29 is 32.6 Å². The van der Waals surface area contributed by atoms with Crippen LogP contribution in [0.4, 0.5) is 17.6 Å². The van der Waals surface area contributed by atoms with E-state index in [4.69, 9.17) is 22.0 Å². The van der Waals surface area contributed by atoms with E-state index in [1.54, 1.807) is 6.07 Å². The Morgan fingerprint density at radius 1 is 1.12 bits per heavy atom. The molecule has 0 aliphatic carbocycles. The molecule has 0 spiro atoms. The van der Waals surface area contributed by atoms with Gasteiger partial charge in [-0.15, -0.1) is 0 Å². The molecule has 0 bridgehead atoms. The molecule has 10 heteroatoms. The highest BCUT2D eigenvalue weighted by Crippen LogP contribution is 2.50. The van der Waals surface area contributed by atoms with Crippen LogP contribution in [0.5, 0.6) is 0 Å². The Morgan fingerprint density at radius 2 is 1.73 bits per heavy atom. The van der Waals surface area contributed by atoms with Crippen LogP contribution in [0.3, 0.4) is 0 Å². The maximum atomic E-state index is 14.2. The molecule has 0 saturated carbocycles. The van der Waals surface area contributed by atoms with E-state index < -0.39 is 40.7 Å². The van der Waals surface area contributed by atoms with Gasteiger partial charge < -0.3 is 14.8 Å². The van der Waals surface area contributed by atoms with Crippen molar-refractivity contribution in [2.24, 2.45) is 7.05 Å². The Kier molecular flexibility index (Phi) is 6.29. The first kappa shape index (κ1) is 24.3. The summed E-state index contributed by atoms with van der Waals surface area (Å²) in [5, 5.41) is 28.9. The second-order valence-electron chi connectivity index (χ2n) is 7.50. The van der Waals surface area contributed by atoms with E-state index in [0.29, 0.717) is 5.56 Å². The lowest BCUT2D eigenvalue weighted by atomic mass is 9.80. The van der Waals surface area contributed by atoms with Crippen LogP contribution in [0.1, 0.15) is 40.2 Å². The van der Waals surface area contributed by atoms with Crippen LogP contribution >= 0.6 is 11.6 Å². The molecule has 5 nitrogen and oxygen atoms in total. The van der Waals surface area contributed by atoms with Gasteiger partial charge in [0.1, 0.15) is 17.6 Å². The quantitative estimate of drug-likeness (QED) is 0.465. The topological polar surface area (TPSA) is 86.2 Å². The number of nitrogens with zero attached hydrogens (tertiary/aromatic N) is 2. The molecule has 2 unspecified atom stereocenters. The molecule has 172 valence electrons. The molecule has 0 aliphatic heterocycles. The summed E-state index contributed by atoms with van der Waals surface area (Å²) in [4.78, 5) is 11.0. The average Bonchev–Trinajstić information content (AvgIpc) is 3.12. The normalized spacial score (nSPS) is 14.4. The maximum absolute atomic E-state index is 14.2. The third-order valence-corrected chi connectivity index (χ3v) is 6.01. The highest BCUT2D eigenvalue weighted by Gasteiger charge is 2.60. The SMILES string of the molecule is CC(c1ccc(-c2ccc(C(=O)O)c(F)c2)cc1Cl)C(O)(c1ccc(C#N)n1C)C(F)(F)F. The van der Waals surface area contributed by atoms with Crippen molar-refractivity contribution in [3.05, 3.63) is 81.9 Å². The van der Waals surface area contributed by atoms with Gasteiger partial charge >= 0.3 is 12.1 Å². The summed E-state index contributed by atoms with van der Waals surface area (Å²) in [5.74, 6) is -3.99. The Hall–Kier alpha value is -3.35. The minimum Gasteiger partial charge on any atom is -0.478 e. The number of nitriles is 1. The molecule has 0 aliphatic rings. The van der Waals surface area contributed by atoms with Crippen molar-refractivity contribution >= 4 is 17.6 Å². The van der Waals surface area contributed by atoms with Crippen molar-refractivity contribution in [2.45, 2.75) is 24.6 Å². The number of carboxylic acid groups (broad SMARTS) is 1. The van der Waals surface area contributed by atoms with Crippen LogP contribution in [-0.4, -0.2) is 26.9 Å². The predicted octanol–water partition coefficient (Wildman–Crippen LogP) is 5.61. The van der Waals surface area contributed by atoms with Gasteiger partial charge in [0.2, 0.25) is 5.60 Å². The van der Waals surface area contributed by atoms with Gasteiger partial charge in [0.25, 0.3) is 0 Å². The smallest absolute Gasteiger partial charge is 0.423 e. The van der Waals surface area contributed by atoms with Crippen LogP contribution in [0.2, 0.25) is 5.02 Å². The van der Waals surface area contributed by atoms with Crippen LogP contribution in [0.25, 0.3) is 11.1 Å². The number of aromatic nitrogens is 1. The molecule has 3 aromatic rings. The number of carboxylic acids is 1. The van der Waals surface area contributed by atoms with E-state index in [1.807, 2.05) is 0 Å². The molecular formula is C23H17ClF4N2O3. The zero-order valence-corrected chi connectivity index (χ0v) is 18.0. The second-order valence-corrected chi connectivity index (χ2v) is 7.90. The Balaban J connectivity index is 2.08. The number of benzene rings is 2. The van der Waals surface area contributed by atoms with Crippen LogP contribution in [-0.2, 0) is 12.6 Å².